The SMILES string of the molecule is CSc1c(/C=N/O)cccc1[N+](=O)[O-]. The van der Waals surface area contributed by atoms with Crippen LogP contribution < -0.4 is 0 Å². The number of thioether (sulfide) groups is 1. The highest BCUT2D eigenvalue weighted by Gasteiger charge is 2.15. The van der Waals surface area contributed by atoms with Gasteiger partial charge in [-0.2, -0.15) is 0 Å². The smallest absolute Gasteiger partial charge is 0.283 e. The van der Waals surface area contributed by atoms with E-state index in [1.165, 1.54) is 24.0 Å². The minimum absolute atomic E-state index is 0.0231. The second kappa shape index (κ2) is 4.61. The Hall–Kier alpha value is -1.56. The average Bonchev–Trinajstić information content (AvgIpc) is 2.18. The lowest BCUT2D eigenvalue weighted by molar-refractivity contribution is -0.387. The fourth-order valence-electron chi connectivity index (χ4n) is 1.07. The maximum Gasteiger partial charge on any atom is 0.283 e. The Morgan fingerprint density at radius 1 is 1.64 bits per heavy atom. The molecule has 1 N–H and O–H groups in total. The van der Waals surface area contributed by atoms with Gasteiger partial charge in [0.15, 0.2) is 0 Å². The second-order valence-electron chi connectivity index (χ2n) is 2.40. The van der Waals surface area contributed by atoms with E-state index in [0.717, 1.165) is 0 Å². The highest BCUT2D eigenvalue weighted by molar-refractivity contribution is 7.98. The largest absolute Gasteiger partial charge is 0.411 e. The van der Waals surface area contributed by atoms with Crippen LogP contribution in [0.5, 0.6) is 0 Å². The number of hydrogen-bond donors (Lipinski definition) is 1. The molecule has 0 heterocycles. The van der Waals surface area contributed by atoms with Crippen molar-refractivity contribution in [1.29, 1.82) is 0 Å². The van der Waals surface area contributed by atoms with E-state index in [0.29, 0.717) is 10.5 Å². The monoisotopic (exact) mass is 212 g/mol. The summed E-state index contributed by atoms with van der Waals surface area (Å²) in [4.78, 5) is 10.7. The molecule has 0 aliphatic heterocycles. The van der Waals surface area contributed by atoms with Crippen LogP contribution in [0.2, 0.25) is 0 Å². The zero-order valence-electron chi connectivity index (χ0n) is 7.38. The average molecular weight is 212 g/mol. The molecule has 0 unspecified atom stereocenters. The van der Waals surface area contributed by atoms with Crippen molar-refractivity contribution < 1.29 is 10.1 Å². The van der Waals surface area contributed by atoms with Gasteiger partial charge in [0.25, 0.3) is 5.69 Å². The third-order valence-electron chi connectivity index (χ3n) is 1.62. The van der Waals surface area contributed by atoms with Gasteiger partial charge in [0.05, 0.1) is 16.0 Å². The molecular weight excluding hydrogens is 204 g/mol. The topological polar surface area (TPSA) is 75.7 Å². The minimum Gasteiger partial charge on any atom is -0.411 e. The molecule has 0 saturated carbocycles. The van der Waals surface area contributed by atoms with Crippen molar-refractivity contribution >= 4 is 23.7 Å². The fourth-order valence-corrected chi connectivity index (χ4v) is 1.78. The first-order chi connectivity index (χ1) is 6.70. The van der Waals surface area contributed by atoms with Gasteiger partial charge in [-0.15, -0.1) is 11.8 Å². The normalized spacial score (nSPS) is 10.6. The molecule has 6 heteroatoms. The highest BCUT2D eigenvalue weighted by Crippen LogP contribution is 2.29. The van der Waals surface area contributed by atoms with Crippen LogP contribution in [0.25, 0.3) is 0 Å². The number of nitro benzene ring substituents is 1. The number of rotatable bonds is 3. The van der Waals surface area contributed by atoms with Crippen molar-refractivity contribution in [2.24, 2.45) is 5.16 Å². The van der Waals surface area contributed by atoms with Gasteiger partial charge < -0.3 is 5.21 Å². The van der Waals surface area contributed by atoms with Crippen molar-refractivity contribution in [1.82, 2.24) is 0 Å². The number of nitrogens with zero attached hydrogens (tertiary/aromatic N) is 2. The van der Waals surface area contributed by atoms with Gasteiger partial charge in [0, 0.05) is 11.6 Å². The standard InChI is InChI=1S/C8H8N2O3S/c1-14-8-6(5-9-11)3-2-4-7(8)10(12)13/h2-5,11H,1H3/b9-5+. The first kappa shape index (κ1) is 10.5. The van der Waals surface area contributed by atoms with Crippen LogP contribution in [0.15, 0.2) is 28.3 Å². The molecule has 5 nitrogen and oxygen atoms in total. The van der Waals surface area contributed by atoms with Gasteiger partial charge in [-0.1, -0.05) is 17.3 Å². The summed E-state index contributed by atoms with van der Waals surface area (Å²) in [6.45, 7) is 0. The molecule has 1 aromatic rings. The Morgan fingerprint density at radius 3 is 2.86 bits per heavy atom. The predicted molar refractivity (Wildman–Crippen MR) is 54.3 cm³/mol. The molecule has 0 bridgehead atoms. The van der Waals surface area contributed by atoms with Crippen molar-refractivity contribution in [3.05, 3.63) is 33.9 Å². The van der Waals surface area contributed by atoms with Gasteiger partial charge in [-0.25, -0.2) is 0 Å². The molecule has 0 aliphatic carbocycles. The van der Waals surface area contributed by atoms with E-state index >= 15 is 0 Å². The lowest BCUT2D eigenvalue weighted by Gasteiger charge is -2.01. The highest BCUT2D eigenvalue weighted by atomic mass is 32.2. The summed E-state index contributed by atoms with van der Waals surface area (Å²) in [5.41, 5.74) is 0.559. The molecule has 0 fully saturated rings. The summed E-state index contributed by atoms with van der Waals surface area (Å²) in [5.74, 6) is 0. The molecule has 0 spiro atoms. The van der Waals surface area contributed by atoms with E-state index in [4.69, 9.17) is 5.21 Å². The fraction of sp³-hybridized carbons (Fsp3) is 0.125. The second-order valence-corrected chi connectivity index (χ2v) is 3.22. The summed E-state index contributed by atoms with van der Waals surface area (Å²) < 4.78 is 0. The molecule has 1 rings (SSSR count). The van der Waals surface area contributed by atoms with E-state index in [2.05, 4.69) is 5.16 Å². The number of oxime groups is 1. The maximum absolute atomic E-state index is 10.6. The Bertz CT molecular complexity index is 379. The van der Waals surface area contributed by atoms with Crippen LogP contribution in [-0.2, 0) is 0 Å². The van der Waals surface area contributed by atoms with Gasteiger partial charge in [-0.05, 0) is 6.26 Å². The van der Waals surface area contributed by atoms with Crippen molar-refractivity contribution in [2.75, 3.05) is 6.26 Å². The van der Waals surface area contributed by atoms with Crippen LogP contribution in [0.1, 0.15) is 5.56 Å². The zero-order chi connectivity index (χ0) is 10.6. The molecule has 0 saturated heterocycles. The van der Waals surface area contributed by atoms with E-state index < -0.39 is 4.92 Å². The molecule has 0 aliphatic rings. The van der Waals surface area contributed by atoms with E-state index in [1.54, 1.807) is 18.4 Å². The van der Waals surface area contributed by atoms with Crippen LogP contribution in [0.4, 0.5) is 5.69 Å². The van der Waals surface area contributed by atoms with Crippen molar-refractivity contribution in [3.63, 3.8) is 0 Å². The number of nitro groups is 1. The third kappa shape index (κ3) is 2.02. The molecule has 1 aromatic carbocycles. The van der Waals surface area contributed by atoms with Gasteiger partial charge >= 0.3 is 0 Å². The van der Waals surface area contributed by atoms with E-state index in [-0.39, 0.29) is 5.69 Å². The summed E-state index contributed by atoms with van der Waals surface area (Å²) in [5, 5.41) is 21.8. The number of hydrogen-bond acceptors (Lipinski definition) is 5. The first-order valence-corrected chi connectivity index (χ1v) is 4.92. The Kier molecular flexibility index (Phi) is 3.47. The molecular formula is C8H8N2O3S. The minimum atomic E-state index is -0.458. The van der Waals surface area contributed by atoms with Crippen LogP contribution in [-0.4, -0.2) is 22.6 Å². The molecule has 0 aromatic heterocycles. The lowest BCUT2D eigenvalue weighted by Crippen LogP contribution is -1.94. The lowest BCUT2D eigenvalue weighted by atomic mass is 10.2. The van der Waals surface area contributed by atoms with Crippen molar-refractivity contribution in [2.45, 2.75) is 4.90 Å². The predicted octanol–water partition coefficient (Wildman–Crippen LogP) is 2.12. The Balaban J connectivity index is 3.31. The summed E-state index contributed by atoms with van der Waals surface area (Å²) in [6.07, 6.45) is 2.91. The first-order valence-electron chi connectivity index (χ1n) is 3.69. The molecule has 14 heavy (non-hydrogen) atoms. The van der Waals surface area contributed by atoms with Crippen LogP contribution >= 0.6 is 11.8 Å². The third-order valence-corrected chi connectivity index (χ3v) is 2.48. The maximum atomic E-state index is 10.6. The van der Waals surface area contributed by atoms with E-state index in [1.807, 2.05) is 0 Å². The van der Waals surface area contributed by atoms with Crippen LogP contribution in [0.3, 0.4) is 0 Å². The van der Waals surface area contributed by atoms with E-state index in [9.17, 15) is 10.1 Å². The summed E-state index contributed by atoms with van der Waals surface area (Å²) >= 11 is 1.25. The summed E-state index contributed by atoms with van der Waals surface area (Å²) in [6, 6.07) is 4.62. The molecule has 0 amide bonds. The zero-order valence-corrected chi connectivity index (χ0v) is 8.19. The van der Waals surface area contributed by atoms with Gasteiger partial charge in [-0.3, -0.25) is 10.1 Å². The Morgan fingerprint density at radius 2 is 2.36 bits per heavy atom. The number of benzene rings is 1. The summed E-state index contributed by atoms with van der Waals surface area (Å²) in [7, 11) is 0. The van der Waals surface area contributed by atoms with Gasteiger partial charge in [0.1, 0.15) is 0 Å². The van der Waals surface area contributed by atoms with Crippen molar-refractivity contribution in [3.8, 4) is 0 Å². The molecule has 0 radical (unpaired) electrons. The van der Waals surface area contributed by atoms with Gasteiger partial charge in [0.2, 0.25) is 0 Å². The molecule has 0 atom stereocenters. The molecule has 74 valence electrons. The quantitative estimate of drug-likeness (QED) is 0.274. The van der Waals surface area contributed by atoms with Crippen LogP contribution in [0, 0.1) is 10.1 Å². The Labute approximate surface area is 84.6 Å².